The van der Waals surface area contributed by atoms with Crippen LogP contribution in [0, 0.1) is 5.92 Å². The van der Waals surface area contributed by atoms with Crippen LogP contribution in [0.4, 0.5) is 0 Å². The van der Waals surface area contributed by atoms with E-state index in [2.05, 4.69) is 5.32 Å². The summed E-state index contributed by atoms with van der Waals surface area (Å²) in [4.78, 5) is 14.0. The predicted octanol–water partition coefficient (Wildman–Crippen LogP) is 1.78. The lowest BCUT2D eigenvalue weighted by Crippen LogP contribution is -2.43. The molecule has 16 heavy (non-hydrogen) atoms. The zero-order valence-electron chi connectivity index (χ0n) is 10.4. The molecule has 0 bridgehead atoms. The van der Waals surface area contributed by atoms with Gasteiger partial charge in [0.2, 0.25) is 5.91 Å². The van der Waals surface area contributed by atoms with Crippen molar-refractivity contribution in [1.82, 2.24) is 10.2 Å². The van der Waals surface area contributed by atoms with Gasteiger partial charge >= 0.3 is 0 Å². The van der Waals surface area contributed by atoms with E-state index < -0.39 is 0 Å². The molecule has 1 amide bonds. The number of amides is 1. The highest BCUT2D eigenvalue weighted by molar-refractivity contribution is 5.81. The van der Waals surface area contributed by atoms with Gasteiger partial charge in [0, 0.05) is 13.6 Å². The van der Waals surface area contributed by atoms with Crippen molar-refractivity contribution in [3.63, 3.8) is 0 Å². The summed E-state index contributed by atoms with van der Waals surface area (Å²) in [6.07, 6.45) is 8.90. The first-order valence-corrected chi connectivity index (χ1v) is 6.76. The van der Waals surface area contributed by atoms with Gasteiger partial charge in [-0.25, -0.2) is 0 Å². The molecule has 0 spiro atoms. The number of carbonyl (C=O) groups excluding carboxylic acids is 1. The van der Waals surface area contributed by atoms with Crippen LogP contribution >= 0.6 is 0 Å². The Morgan fingerprint density at radius 1 is 1.19 bits per heavy atom. The van der Waals surface area contributed by atoms with Gasteiger partial charge in [-0.1, -0.05) is 19.3 Å². The molecule has 1 aliphatic carbocycles. The Balaban J connectivity index is 1.77. The van der Waals surface area contributed by atoms with Gasteiger partial charge < -0.3 is 10.2 Å². The molecule has 0 aromatic rings. The summed E-state index contributed by atoms with van der Waals surface area (Å²) >= 11 is 0. The predicted molar refractivity (Wildman–Crippen MR) is 65.2 cm³/mol. The van der Waals surface area contributed by atoms with E-state index >= 15 is 0 Å². The second kappa shape index (κ2) is 5.67. The minimum Gasteiger partial charge on any atom is -0.344 e. The van der Waals surface area contributed by atoms with Crippen molar-refractivity contribution in [3.8, 4) is 0 Å². The van der Waals surface area contributed by atoms with Crippen molar-refractivity contribution in [2.75, 3.05) is 20.1 Å². The Morgan fingerprint density at radius 3 is 2.56 bits per heavy atom. The SMILES string of the molecule is CN(CC1CCCCC1)C(=O)[C@H]1CCCN1. The number of rotatable bonds is 3. The van der Waals surface area contributed by atoms with Gasteiger partial charge in [-0.05, 0) is 38.1 Å². The van der Waals surface area contributed by atoms with Crippen LogP contribution in [0.5, 0.6) is 0 Å². The first-order valence-electron chi connectivity index (χ1n) is 6.76. The second-order valence-electron chi connectivity index (χ2n) is 5.37. The highest BCUT2D eigenvalue weighted by atomic mass is 16.2. The summed E-state index contributed by atoms with van der Waals surface area (Å²) in [6.45, 7) is 1.98. The van der Waals surface area contributed by atoms with Crippen LogP contribution in [0.25, 0.3) is 0 Å². The topological polar surface area (TPSA) is 32.3 Å². The van der Waals surface area contributed by atoms with Crippen LogP contribution in [0.15, 0.2) is 0 Å². The monoisotopic (exact) mass is 224 g/mol. The maximum atomic E-state index is 12.1. The molecule has 92 valence electrons. The molecule has 2 rings (SSSR count). The molecular weight excluding hydrogens is 200 g/mol. The molecule has 1 aliphatic heterocycles. The molecule has 3 heteroatoms. The van der Waals surface area contributed by atoms with E-state index in [9.17, 15) is 4.79 Å². The Bertz CT molecular complexity index is 230. The molecule has 0 aromatic heterocycles. The molecule has 0 unspecified atom stereocenters. The lowest BCUT2D eigenvalue weighted by atomic mass is 9.89. The zero-order valence-corrected chi connectivity index (χ0v) is 10.4. The fourth-order valence-corrected chi connectivity index (χ4v) is 3.01. The van der Waals surface area contributed by atoms with Gasteiger partial charge in [0.05, 0.1) is 6.04 Å². The lowest BCUT2D eigenvalue weighted by Gasteiger charge is -2.28. The lowest BCUT2D eigenvalue weighted by molar-refractivity contribution is -0.132. The highest BCUT2D eigenvalue weighted by Crippen LogP contribution is 2.24. The number of nitrogens with one attached hydrogen (secondary N) is 1. The number of nitrogens with zero attached hydrogens (tertiary/aromatic N) is 1. The largest absolute Gasteiger partial charge is 0.344 e. The van der Waals surface area contributed by atoms with Crippen molar-refractivity contribution in [2.24, 2.45) is 5.92 Å². The van der Waals surface area contributed by atoms with Crippen LogP contribution in [0.3, 0.4) is 0 Å². The number of hydrogen-bond donors (Lipinski definition) is 1. The quantitative estimate of drug-likeness (QED) is 0.792. The van der Waals surface area contributed by atoms with E-state index in [0.29, 0.717) is 5.91 Å². The maximum absolute atomic E-state index is 12.1. The first-order chi connectivity index (χ1) is 7.77. The van der Waals surface area contributed by atoms with Gasteiger partial charge in [-0.2, -0.15) is 0 Å². The molecule has 0 aromatic carbocycles. The number of carbonyl (C=O) groups is 1. The van der Waals surface area contributed by atoms with Crippen LogP contribution in [0.2, 0.25) is 0 Å². The third-order valence-corrected chi connectivity index (χ3v) is 3.99. The standard InChI is InChI=1S/C13H24N2O/c1-15(10-11-6-3-2-4-7-11)13(16)12-8-5-9-14-12/h11-12,14H,2-10H2,1H3/t12-/m1/s1. The summed E-state index contributed by atoms with van der Waals surface area (Å²) in [7, 11) is 1.97. The average Bonchev–Trinajstić information content (AvgIpc) is 2.83. The summed E-state index contributed by atoms with van der Waals surface area (Å²) in [5.74, 6) is 1.06. The fourth-order valence-electron chi connectivity index (χ4n) is 3.01. The minimum atomic E-state index is 0.105. The summed E-state index contributed by atoms with van der Waals surface area (Å²) in [5.41, 5.74) is 0. The molecule has 1 N–H and O–H groups in total. The van der Waals surface area contributed by atoms with Crippen LogP contribution in [-0.4, -0.2) is 37.0 Å². The van der Waals surface area contributed by atoms with E-state index in [0.717, 1.165) is 31.8 Å². The van der Waals surface area contributed by atoms with E-state index in [-0.39, 0.29) is 6.04 Å². The van der Waals surface area contributed by atoms with Crippen molar-refractivity contribution in [2.45, 2.75) is 51.0 Å². The van der Waals surface area contributed by atoms with Gasteiger partial charge in [0.25, 0.3) is 0 Å². The Hall–Kier alpha value is -0.570. The molecule has 1 saturated carbocycles. The molecule has 3 nitrogen and oxygen atoms in total. The van der Waals surface area contributed by atoms with Gasteiger partial charge in [0.15, 0.2) is 0 Å². The van der Waals surface area contributed by atoms with Crippen LogP contribution in [-0.2, 0) is 4.79 Å². The fraction of sp³-hybridized carbons (Fsp3) is 0.923. The summed E-state index contributed by atoms with van der Waals surface area (Å²) in [6, 6.07) is 0.105. The second-order valence-corrected chi connectivity index (χ2v) is 5.37. The molecule has 1 saturated heterocycles. The summed E-state index contributed by atoms with van der Waals surface area (Å²) in [5, 5.41) is 3.28. The molecule has 1 atom stereocenters. The molecule has 0 radical (unpaired) electrons. The third-order valence-electron chi connectivity index (χ3n) is 3.99. The maximum Gasteiger partial charge on any atom is 0.239 e. The Labute approximate surface area is 98.6 Å². The van der Waals surface area contributed by atoms with Crippen molar-refractivity contribution in [3.05, 3.63) is 0 Å². The van der Waals surface area contributed by atoms with Crippen molar-refractivity contribution < 1.29 is 4.79 Å². The third kappa shape index (κ3) is 2.97. The van der Waals surface area contributed by atoms with E-state index in [1.54, 1.807) is 0 Å². The smallest absolute Gasteiger partial charge is 0.239 e. The number of likely N-dealkylation sites (N-methyl/N-ethyl adjacent to an activating group) is 1. The minimum absolute atomic E-state index is 0.105. The molecule has 2 fully saturated rings. The van der Waals surface area contributed by atoms with Crippen LogP contribution in [0.1, 0.15) is 44.9 Å². The Morgan fingerprint density at radius 2 is 1.94 bits per heavy atom. The van der Waals surface area contributed by atoms with Gasteiger partial charge in [0.1, 0.15) is 0 Å². The van der Waals surface area contributed by atoms with E-state index in [1.165, 1.54) is 32.1 Å². The van der Waals surface area contributed by atoms with Crippen molar-refractivity contribution >= 4 is 5.91 Å². The molecule has 2 aliphatic rings. The molecule has 1 heterocycles. The molecular formula is C13H24N2O. The van der Waals surface area contributed by atoms with Crippen molar-refractivity contribution in [1.29, 1.82) is 0 Å². The van der Waals surface area contributed by atoms with E-state index in [1.807, 2.05) is 11.9 Å². The summed E-state index contributed by atoms with van der Waals surface area (Å²) < 4.78 is 0. The first kappa shape index (κ1) is 11.9. The Kier molecular flexibility index (Phi) is 4.22. The highest BCUT2D eigenvalue weighted by Gasteiger charge is 2.26. The zero-order chi connectivity index (χ0) is 11.4. The normalized spacial score (nSPS) is 26.9. The van der Waals surface area contributed by atoms with Gasteiger partial charge in [-0.15, -0.1) is 0 Å². The van der Waals surface area contributed by atoms with Crippen LogP contribution < -0.4 is 5.32 Å². The van der Waals surface area contributed by atoms with Gasteiger partial charge in [-0.3, -0.25) is 4.79 Å². The average molecular weight is 224 g/mol. The van der Waals surface area contributed by atoms with E-state index in [4.69, 9.17) is 0 Å². The number of hydrogen-bond acceptors (Lipinski definition) is 2.